The van der Waals surface area contributed by atoms with Crippen molar-refractivity contribution in [3.63, 3.8) is 0 Å². The second kappa shape index (κ2) is 53.0. The molecule has 0 saturated carbocycles. The van der Waals surface area contributed by atoms with Crippen LogP contribution in [-0.2, 0) is 96.3 Å². The number of unbranched alkanes of at least 4 members (excludes halogenated alkanes) is 13. The van der Waals surface area contributed by atoms with Crippen molar-refractivity contribution in [3.05, 3.63) is 78.2 Å². The Balaban J connectivity index is 1.86. The van der Waals surface area contributed by atoms with Gasteiger partial charge in [-0.05, 0) is 73.1 Å². The van der Waals surface area contributed by atoms with Crippen LogP contribution in [0.2, 0.25) is 0 Å². The van der Waals surface area contributed by atoms with Crippen molar-refractivity contribution >= 4 is 101 Å². The third-order valence-electron chi connectivity index (χ3n) is 18.2. The molecule has 1 aliphatic rings. The Morgan fingerprint density at radius 3 is 1.36 bits per heavy atom. The minimum Gasteiger partial charge on any atom is -0.481 e. The fourth-order valence-corrected chi connectivity index (χ4v) is 11.7. The number of nitrogens with one attached hydrogen (secondary N) is 12. The summed E-state index contributed by atoms with van der Waals surface area (Å²) in [6.07, 6.45) is -2.78. The number of halogens is 1. The summed E-state index contributed by atoms with van der Waals surface area (Å²) in [6.45, 7) is 3.13. The molecule has 47 heteroatoms. The number of carbonyl (C=O) groups excluding carboxylic acids is 13. The molecule has 4 heterocycles. The van der Waals surface area contributed by atoms with Gasteiger partial charge in [-0.3, -0.25) is 47.9 Å². The highest BCUT2D eigenvalue weighted by Gasteiger charge is 2.41. The number of rotatable bonds is 41. The molecule has 0 unspecified atom stereocenters. The maximum absolute atomic E-state index is 14.9. The van der Waals surface area contributed by atoms with Crippen molar-refractivity contribution in [2.45, 2.75) is 269 Å². The molecule has 0 radical (unpaired) electrons. The predicted molar refractivity (Wildman–Crippen MR) is 407 cm³/mol. The standard InChI is InChI=1S/C73H107ClN12O34/c1-7-9-10-11-12-13-14-15-16-17-18-19-20-23-41(88)30-52(90)78-47-33-111-67(104)55(48(89)32-74)85-65(101)56(57(93)66(102)103)86-58(94)42(8-2)79-64(100)54(37(3)87)84-61(97)45(26-29-77-70(107)114-36-51-40(6)117-73(110)120-51)81-59(95)43(24-21-22-27-75-68(105)112-34-49-38(4)115-71(108)118-49)80-62(98)46(31-53(91)92)83-60(96)44(82-63(47)99)25-28-76-69(106)113-35-50-39(5)116-72(109)119-50/h8,37,41,43-48,54-57,87-89,93H,7,9-36H2,1-6H3,(H,75,105)(H,76,106)(H,77,107)(H,78,90)(H,79,100)(H,80,98)(H,81,95)(H,82,99)(H,83,96)(H,84,97)(H,85,101)(H,86,94)(H,91,92)(H,102,103)/b42-8-/t37-,41+,43+,44-,45+,46+,47+,48-,54+,55+,56+,57+/m1/s1. The van der Waals surface area contributed by atoms with Gasteiger partial charge in [0.05, 0.1) is 37.0 Å². The Morgan fingerprint density at radius 1 is 0.500 bits per heavy atom. The Labute approximate surface area is 689 Å². The third kappa shape index (κ3) is 36.7. The van der Waals surface area contributed by atoms with Gasteiger partial charge in [-0.25, -0.2) is 38.4 Å². The molecule has 120 heavy (non-hydrogen) atoms. The maximum atomic E-state index is 14.9. The van der Waals surface area contributed by atoms with E-state index >= 15 is 0 Å². The molecule has 12 atom stereocenters. The fraction of sp³-hybridized carbons (Fsp3) is 0.644. The molecule has 1 saturated heterocycles. The van der Waals surface area contributed by atoms with E-state index in [4.69, 9.17) is 57.1 Å². The van der Waals surface area contributed by atoms with Crippen LogP contribution in [0, 0.1) is 20.8 Å². The quantitative estimate of drug-likeness (QED) is 0.0105. The van der Waals surface area contributed by atoms with Crippen LogP contribution >= 0.6 is 11.6 Å². The van der Waals surface area contributed by atoms with E-state index < -0.39 is 263 Å². The van der Waals surface area contributed by atoms with E-state index in [0.717, 1.165) is 64.9 Å². The number of alkyl carbamates (subject to hydrolysis) is 3. The van der Waals surface area contributed by atoms with Gasteiger partial charge in [0.2, 0.25) is 47.3 Å². The topological polar surface area (TPSA) is 689 Å². The zero-order valence-electron chi connectivity index (χ0n) is 67.0. The Morgan fingerprint density at radius 2 is 0.925 bits per heavy atom. The molecule has 46 nitrogen and oxygen atoms in total. The SMILES string of the molecule is C/C=C1\NC(=O)[C@H]([C@@H](C)O)NC(=O)[C@H](CCNC(=O)OCc2oc(=O)oc2C)NC(=O)[C@H](CCCCNC(=O)OCc2oc(=O)oc2C)NC(=O)[C@H](CC(=O)O)NC(=O)[C@@H](CCNC(=O)OCc2oc(=O)oc2C)NC(=O)[C@@H](NC(=O)C[C@@H](O)CCCCCCCCCCCCCCC)COC(=O)[C@H]([C@H](O)CCl)NC(=O)[C@H]([C@H](O)C(=O)O)NC1=O. The number of allylic oxidation sites excluding steroid dienone is 1. The summed E-state index contributed by atoms with van der Waals surface area (Å²) in [4.78, 5) is 243. The highest BCUT2D eigenvalue weighted by Crippen LogP contribution is 2.17. The smallest absolute Gasteiger partial charge is 0.481 e. The van der Waals surface area contributed by atoms with E-state index in [1.165, 1.54) is 46.5 Å². The van der Waals surface area contributed by atoms with Crippen LogP contribution in [0.15, 0.2) is 52.7 Å². The van der Waals surface area contributed by atoms with E-state index in [1.54, 1.807) is 0 Å². The van der Waals surface area contributed by atoms with Crippen LogP contribution in [-0.4, -0.2) is 225 Å². The Kier molecular flexibility index (Phi) is 44.5. The molecule has 1 aliphatic heterocycles. The molecule has 0 spiro atoms. The lowest BCUT2D eigenvalue weighted by atomic mass is 10.0. The first-order valence-electron chi connectivity index (χ1n) is 38.7. The number of aliphatic hydroxyl groups excluding tert-OH is 4. The first-order valence-corrected chi connectivity index (χ1v) is 39.3. The van der Waals surface area contributed by atoms with E-state index in [2.05, 4.69) is 54.8 Å². The summed E-state index contributed by atoms with van der Waals surface area (Å²) in [5.41, 5.74) is -0.923. The average Bonchev–Trinajstić information content (AvgIpc) is 1.40. The molecule has 18 N–H and O–H groups in total. The van der Waals surface area contributed by atoms with Gasteiger partial charge >= 0.3 is 53.7 Å². The van der Waals surface area contributed by atoms with Crippen LogP contribution in [0.4, 0.5) is 14.4 Å². The molecule has 3 aromatic rings. The normalized spacial score (nSPS) is 20.4. The largest absolute Gasteiger partial charge is 0.519 e. The van der Waals surface area contributed by atoms with Gasteiger partial charge in [0.15, 0.2) is 66.5 Å². The molecule has 0 aliphatic carbocycles. The molecule has 0 aromatic carbocycles. The van der Waals surface area contributed by atoms with Gasteiger partial charge < -0.3 is 140 Å². The van der Waals surface area contributed by atoms with Gasteiger partial charge in [0.25, 0.3) is 5.91 Å². The van der Waals surface area contributed by atoms with Crippen molar-refractivity contribution in [1.82, 2.24) is 63.8 Å². The lowest BCUT2D eigenvalue weighted by molar-refractivity contribution is -0.155. The fourth-order valence-electron chi connectivity index (χ4n) is 11.5. The number of cyclic esters (lactones) is 1. The van der Waals surface area contributed by atoms with E-state index in [-0.39, 0.29) is 60.4 Å². The maximum Gasteiger partial charge on any atom is 0.519 e. The summed E-state index contributed by atoms with van der Waals surface area (Å²) in [7, 11) is 0. The lowest BCUT2D eigenvalue weighted by Crippen LogP contribution is -2.62. The minimum absolute atomic E-state index is 0.00173. The Hall–Kier alpha value is -11.6. The van der Waals surface area contributed by atoms with Crippen LogP contribution in [0.25, 0.3) is 0 Å². The average molecular weight is 1730 g/mol. The first kappa shape index (κ1) is 101. The number of carbonyl (C=O) groups is 15. The van der Waals surface area contributed by atoms with Gasteiger partial charge in [-0.2, -0.15) is 0 Å². The van der Waals surface area contributed by atoms with Crippen LogP contribution in [0.3, 0.4) is 0 Å². The summed E-state index contributed by atoms with van der Waals surface area (Å²) in [5, 5.41) is 90.5. The molecular weight excluding hydrogens is 1620 g/mol. The number of alkyl halides is 1. The highest BCUT2D eigenvalue weighted by molar-refractivity contribution is 6.18. The zero-order valence-corrected chi connectivity index (χ0v) is 67.8. The number of hydrogen-bond acceptors (Lipinski definition) is 32. The summed E-state index contributed by atoms with van der Waals surface area (Å²) in [6, 6.07) is -18.1. The lowest BCUT2D eigenvalue weighted by Gasteiger charge is -2.29. The molecule has 3 aromatic heterocycles. The van der Waals surface area contributed by atoms with Crippen molar-refractivity contribution in [3.8, 4) is 0 Å². The molecule has 12 amide bonds. The number of ether oxygens (including phenoxy) is 4. The number of aryl methyl sites for hydroxylation is 3. The van der Waals surface area contributed by atoms with Gasteiger partial charge in [0, 0.05) is 19.6 Å². The van der Waals surface area contributed by atoms with Crippen LogP contribution < -0.4 is 81.3 Å². The number of amides is 12. The number of aliphatic carboxylic acids is 2. The number of carboxylic acid groups (broad SMARTS) is 2. The van der Waals surface area contributed by atoms with Crippen molar-refractivity contribution in [2.75, 3.05) is 32.1 Å². The first-order chi connectivity index (χ1) is 56.9. The van der Waals surface area contributed by atoms with Gasteiger partial charge in [0.1, 0.15) is 54.6 Å². The zero-order chi connectivity index (χ0) is 89.1. The minimum atomic E-state index is -2.97. The van der Waals surface area contributed by atoms with Gasteiger partial charge in [-0.1, -0.05) is 96.5 Å². The molecule has 4 rings (SSSR count). The monoisotopic (exact) mass is 1730 g/mol. The summed E-state index contributed by atoms with van der Waals surface area (Å²) >= 11 is 5.95. The van der Waals surface area contributed by atoms with E-state index in [9.17, 15) is 117 Å². The molecule has 670 valence electrons. The predicted octanol–water partition coefficient (Wildman–Crippen LogP) is -1.13. The van der Waals surface area contributed by atoms with Crippen LogP contribution in [0.1, 0.15) is 190 Å². The molecular formula is C73H107ClN12O34. The van der Waals surface area contributed by atoms with E-state index in [0.29, 0.717) is 12.8 Å². The van der Waals surface area contributed by atoms with Crippen LogP contribution in [0.5, 0.6) is 0 Å². The number of hydrogen-bond donors (Lipinski definition) is 18. The number of esters is 1. The summed E-state index contributed by atoms with van der Waals surface area (Å²) < 4.78 is 49.3. The van der Waals surface area contributed by atoms with Crippen molar-refractivity contribution < 1.29 is 148 Å². The third-order valence-corrected chi connectivity index (χ3v) is 18.5. The van der Waals surface area contributed by atoms with Gasteiger partial charge in [-0.15, -0.1) is 11.6 Å². The second-order valence-corrected chi connectivity index (χ2v) is 28.0. The second-order valence-electron chi connectivity index (χ2n) is 27.7. The molecule has 1 fully saturated rings. The number of carboxylic acids is 2. The van der Waals surface area contributed by atoms with Crippen molar-refractivity contribution in [2.24, 2.45) is 0 Å². The summed E-state index contributed by atoms with van der Waals surface area (Å²) in [5.74, 6) is -24.3. The number of aliphatic hydroxyl groups is 4. The van der Waals surface area contributed by atoms with E-state index in [1.807, 2.05) is 16.0 Å². The highest BCUT2D eigenvalue weighted by atomic mass is 35.5. The molecule has 0 bridgehead atoms. The van der Waals surface area contributed by atoms with Crippen molar-refractivity contribution in [1.29, 1.82) is 0 Å². The Bertz CT molecular complexity index is 4140.